The van der Waals surface area contributed by atoms with Crippen molar-refractivity contribution in [3.05, 3.63) is 22.2 Å². The lowest BCUT2D eigenvalue weighted by molar-refractivity contribution is 0.607. The zero-order chi connectivity index (χ0) is 7.28. The van der Waals surface area contributed by atoms with Crippen LogP contribution < -0.4 is 0 Å². The molecule has 52 valence electrons. The summed E-state index contributed by atoms with van der Waals surface area (Å²) in [5.41, 5.74) is 0. The Kier molecular flexibility index (Phi) is 4.91. The predicted molar refractivity (Wildman–Crippen MR) is 42.1 cm³/mol. The zero-order valence-electron chi connectivity index (χ0n) is 5.16. The van der Waals surface area contributed by atoms with Crippen LogP contribution in [0.15, 0.2) is 22.2 Å². The Morgan fingerprint density at radius 3 is 2.78 bits per heavy atom. The summed E-state index contributed by atoms with van der Waals surface area (Å²) in [5, 5.41) is 1.36. The van der Waals surface area contributed by atoms with Gasteiger partial charge in [-0.1, -0.05) is 36.9 Å². The second-order valence-corrected chi connectivity index (χ2v) is 3.04. The van der Waals surface area contributed by atoms with E-state index in [-0.39, 0.29) is 5.83 Å². The Hall–Kier alpha value is 0.0500. The summed E-state index contributed by atoms with van der Waals surface area (Å²) in [7, 11) is 0. The van der Waals surface area contributed by atoms with E-state index in [1.165, 1.54) is 5.41 Å². The molecular formula is C6H8ClFS. The predicted octanol–water partition coefficient (Wildman–Crippen LogP) is 3.65. The molecule has 0 heterocycles. The van der Waals surface area contributed by atoms with Gasteiger partial charge in [0.25, 0.3) is 0 Å². The van der Waals surface area contributed by atoms with E-state index in [2.05, 4.69) is 6.58 Å². The lowest BCUT2D eigenvalue weighted by Gasteiger charge is -1.88. The van der Waals surface area contributed by atoms with Crippen LogP contribution in [0.4, 0.5) is 4.39 Å². The molecule has 0 nitrogen and oxygen atoms in total. The van der Waals surface area contributed by atoms with Crippen LogP contribution in [0.1, 0.15) is 13.3 Å². The molecule has 0 fully saturated rings. The van der Waals surface area contributed by atoms with Crippen molar-refractivity contribution in [2.75, 3.05) is 0 Å². The molecule has 0 radical (unpaired) electrons. The van der Waals surface area contributed by atoms with Gasteiger partial charge in [-0.15, -0.1) is 0 Å². The fraction of sp³-hybridized carbons (Fsp3) is 0.333. The number of hydrogen-bond acceptors (Lipinski definition) is 1. The minimum atomic E-state index is -0.165. The SMILES string of the molecule is C=C(Cl)S/C=C(/F)CC. The summed E-state index contributed by atoms with van der Waals surface area (Å²) >= 11 is 6.43. The van der Waals surface area contributed by atoms with Crippen molar-refractivity contribution in [2.24, 2.45) is 0 Å². The van der Waals surface area contributed by atoms with Gasteiger partial charge < -0.3 is 0 Å². The Bertz CT molecular complexity index is 131. The van der Waals surface area contributed by atoms with Crippen molar-refractivity contribution in [2.45, 2.75) is 13.3 Å². The van der Waals surface area contributed by atoms with E-state index in [0.717, 1.165) is 11.8 Å². The van der Waals surface area contributed by atoms with Crippen LogP contribution in [0.5, 0.6) is 0 Å². The Balaban J connectivity index is 3.56. The summed E-state index contributed by atoms with van der Waals surface area (Å²) < 4.78 is 12.6. The van der Waals surface area contributed by atoms with Crippen LogP contribution >= 0.6 is 23.4 Å². The van der Waals surface area contributed by atoms with Gasteiger partial charge in [-0.3, -0.25) is 0 Å². The quantitative estimate of drug-likeness (QED) is 0.617. The van der Waals surface area contributed by atoms with E-state index >= 15 is 0 Å². The summed E-state index contributed by atoms with van der Waals surface area (Å²) in [4.78, 5) is 0. The maximum absolute atomic E-state index is 12.2. The van der Waals surface area contributed by atoms with Gasteiger partial charge in [-0.2, -0.15) is 0 Å². The van der Waals surface area contributed by atoms with Crippen molar-refractivity contribution in [3.63, 3.8) is 0 Å². The fourth-order valence-electron chi connectivity index (χ4n) is 0.211. The van der Waals surface area contributed by atoms with Crippen LogP contribution in [-0.4, -0.2) is 0 Å². The number of rotatable bonds is 3. The molecule has 0 aromatic carbocycles. The van der Waals surface area contributed by atoms with Gasteiger partial charge >= 0.3 is 0 Å². The van der Waals surface area contributed by atoms with E-state index in [1.807, 2.05) is 0 Å². The highest BCUT2D eigenvalue weighted by molar-refractivity contribution is 8.07. The van der Waals surface area contributed by atoms with Gasteiger partial charge in [-0.25, -0.2) is 4.39 Å². The average Bonchev–Trinajstić information content (AvgIpc) is 1.83. The molecule has 0 unspecified atom stereocenters. The van der Waals surface area contributed by atoms with Crippen molar-refractivity contribution < 1.29 is 4.39 Å². The third-order valence-corrected chi connectivity index (χ3v) is 1.55. The maximum atomic E-state index is 12.2. The molecule has 0 N–H and O–H groups in total. The van der Waals surface area contributed by atoms with Gasteiger partial charge in [-0.05, 0) is 6.42 Å². The first-order valence-electron chi connectivity index (χ1n) is 2.52. The van der Waals surface area contributed by atoms with Gasteiger partial charge in [0.1, 0.15) is 5.83 Å². The summed E-state index contributed by atoms with van der Waals surface area (Å²) in [6.07, 6.45) is 0.414. The van der Waals surface area contributed by atoms with E-state index in [0.29, 0.717) is 10.8 Å². The molecule has 0 aromatic rings. The van der Waals surface area contributed by atoms with Crippen LogP contribution in [0.25, 0.3) is 0 Å². The number of thioether (sulfide) groups is 1. The molecule has 0 aliphatic carbocycles. The molecule has 0 spiro atoms. The molecule has 0 aromatic heterocycles. The summed E-state index contributed by atoms with van der Waals surface area (Å²) in [6.45, 7) is 5.12. The average molecular weight is 167 g/mol. The lowest BCUT2D eigenvalue weighted by atomic mass is 10.5. The van der Waals surface area contributed by atoms with E-state index in [9.17, 15) is 4.39 Å². The third-order valence-electron chi connectivity index (χ3n) is 0.652. The first-order valence-corrected chi connectivity index (χ1v) is 3.78. The molecule has 3 heteroatoms. The van der Waals surface area contributed by atoms with Crippen molar-refractivity contribution in [1.82, 2.24) is 0 Å². The Morgan fingerprint density at radius 2 is 2.44 bits per heavy atom. The first kappa shape index (κ1) is 9.05. The van der Waals surface area contributed by atoms with Crippen LogP contribution in [0.2, 0.25) is 0 Å². The van der Waals surface area contributed by atoms with Crippen molar-refractivity contribution >= 4 is 23.4 Å². The van der Waals surface area contributed by atoms with E-state index < -0.39 is 0 Å². The van der Waals surface area contributed by atoms with Crippen molar-refractivity contribution in [1.29, 1.82) is 0 Å². The first-order chi connectivity index (χ1) is 4.16. The zero-order valence-corrected chi connectivity index (χ0v) is 6.73. The van der Waals surface area contributed by atoms with E-state index in [1.54, 1.807) is 6.92 Å². The second kappa shape index (κ2) is 4.89. The molecule has 0 bridgehead atoms. The van der Waals surface area contributed by atoms with E-state index in [4.69, 9.17) is 11.6 Å². The minimum Gasteiger partial charge on any atom is -0.211 e. The summed E-state index contributed by atoms with van der Waals surface area (Å²) in [6, 6.07) is 0. The number of allylic oxidation sites excluding steroid dienone is 1. The van der Waals surface area contributed by atoms with Crippen LogP contribution in [0, 0.1) is 0 Å². The molecule has 0 aliphatic rings. The molecule has 0 saturated carbocycles. The minimum absolute atomic E-state index is 0.165. The van der Waals surface area contributed by atoms with Crippen LogP contribution in [0.3, 0.4) is 0 Å². The second-order valence-electron chi connectivity index (χ2n) is 1.39. The topological polar surface area (TPSA) is 0 Å². The highest BCUT2D eigenvalue weighted by Crippen LogP contribution is 2.21. The van der Waals surface area contributed by atoms with Gasteiger partial charge in [0.15, 0.2) is 0 Å². The van der Waals surface area contributed by atoms with Crippen LogP contribution in [-0.2, 0) is 0 Å². The molecule has 0 amide bonds. The molecule has 0 atom stereocenters. The highest BCUT2D eigenvalue weighted by atomic mass is 35.5. The Morgan fingerprint density at radius 1 is 1.89 bits per heavy atom. The molecule has 0 rings (SSSR count). The number of halogens is 2. The Labute approximate surface area is 63.8 Å². The van der Waals surface area contributed by atoms with Gasteiger partial charge in [0, 0.05) is 5.41 Å². The van der Waals surface area contributed by atoms with Crippen molar-refractivity contribution in [3.8, 4) is 0 Å². The van der Waals surface area contributed by atoms with Gasteiger partial charge in [0.2, 0.25) is 0 Å². The maximum Gasteiger partial charge on any atom is 0.106 e. The normalized spacial score (nSPS) is 11.7. The largest absolute Gasteiger partial charge is 0.211 e. The van der Waals surface area contributed by atoms with Gasteiger partial charge in [0.05, 0.1) is 4.36 Å². The molecule has 9 heavy (non-hydrogen) atoms. The third kappa shape index (κ3) is 5.93. The lowest BCUT2D eigenvalue weighted by Crippen LogP contribution is -1.63. The molecule has 0 aliphatic heterocycles. The summed E-state index contributed by atoms with van der Waals surface area (Å²) in [5.74, 6) is -0.165. The highest BCUT2D eigenvalue weighted by Gasteiger charge is 1.89. The monoisotopic (exact) mass is 166 g/mol. The molecular weight excluding hydrogens is 159 g/mol. The number of hydrogen-bond donors (Lipinski definition) is 0. The fourth-order valence-corrected chi connectivity index (χ4v) is 0.767. The smallest absolute Gasteiger partial charge is 0.106 e. The molecule has 0 saturated heterocycles. The standard InChI is InChI=1S/C6H8ClFS/c1-3-6(8)4-9-5(2)7/h4H,2-3H2,1H3/b6-4+.